The Balaban J connectivity index is 1.70. The second kappa shape index (κ2) is 12.3. The zero-order valence-electron chi connectivity index (χ0n) is 18.5. The highest BCUT2D eigenvalue weighted by Crippen LogP contribution is 2.11. The molecular weight excluding hydrogens is 354 g/mol. The molecule has 0 bridgehead atoms. The minimum atomic E-state index is 0.285. The van der Waals surface area contributed by atoms with E-state index in [1.165, 1.54) is 6.42 Å². The van der Waals surface area contributed by atoms with E-state index in [2.05, 4.69) is 40.9 Å². The van der Waals surface area contributed by atoms with Crippen molar-refractivity contribution in [3.8, 4) is 0 Å². The lowest BCUT2D eigenvalue weighted by atomic mass is 10.0. The summed E-state index contributed by atoms with van der Waals surface area (Å²) in [5, 5.41) is 3.49. The van der Waals surface area contributed by atoms with Crippen LogP contribution in [-0.4, -0.2) is 98.7 Å². The maximum Gasteiger partial charge on any atom is 0.236 e. The van der Waals surface area contributed by atoms with Crippen LogP contribution in [0.25, 0.3) is 0 Å². The Labute approximate surface area is 171 Å². The molecule has 0 aromatic carbocycles. The molecule has 0 aromatic rings. The number of rotatable bonds is 8. The van der Waals surface area contributed by atoms with Crippen molar-refractivity contribution in [1.29, 1.82) is 0 Å². The predicted molar refractivity (Wildman–Crippen MR) is 115 cm³/mol. The Kier molecular flexibility index (Phi) is 10.1. The molecule has 7 heteroatoms. The number of nitrogens with zero attached hydrogens (tertiary/aromatic N) is 4. The molecule has 28 heavy (non-hydrogen) atoms. The first-order valence-corrected chi connectivity index (χ1v) is 11.1. The number of nitrogens with one attached hydrogen (secondary N) is 1. The van der Waals surface area contributed by atoms with Crippen molar-refractivity contribution in [2.75, 3.05) is 66.0 Å². The fourth-order valence-corrected chi connectivity index (χ4v) is 4.03. The number of amides is 1. The van der Waals surface area contributed by atoms with Crippen LogP contribution in [0, 0.1) is 5.92 Å². The van der Waals surface area contributed by atoms with Crippen molar-refractivity contribution in [2.45, 2.75) is 52.6 Å². The summed E-state index contributed by atoms with van der Waals surface area (Å²) in [4.78, 5) is 23.6. The van der Waals surface area contributed by atoms with E-state index in [9.17, 15) is 4.79 Å². The first-order valence-electron chi connectivity index (χ1n) is 11.1. The first-order chi connectivity index (χ1) is 13.5. The van der Waals surface area contributed by atoms with Crippen LogP contribution in [0.1, 0.15) is 46.5 Å². The quantitative estimate of drug-likeness (QED) is 0.500. The molecule has 1 atom stereocenters. The first kappa shape index (κ1) is 22.9. The molecular formula is C21H41N5O2. The highest BCUT2D eigenvalue weighted by Gasteiger charge is 2.24. The lowest BCUT2D eigenvalue weighted by molar-refractivity contribution is -0.133. The van der Waals surface area contributed by atoms with Gasteiger partial charge in [0, 0.05) is 59.5 Å². The van der Waals surface area contributed by atoms with E-state index in [1.54, 1.807) is 0 Å². The van der Waals surface area contributed by atoms with Gasteiger partial charge >= 0.3 is 0 Å². The summed E-state index contributed by atoms with van der Waals surface area (Å²) in [5.41, 5.74) is 0. The van der Waals surface area contributed by atoms with Gasteiger partial charge in [-0.25, -0.2) is 0 Å². The SMILES string of the molecule is CCOC(CCNC(=NC)N1CCN(CC(=O)N2CCCCC2)CC1)C(C)C. The van der Waals surface area contributed by atoms with Crippen LogP contribution in [0.2, 0.25) is 0 Å². The molecule has 1 N–H and O–H groups in total. The number of ether oxygens (including phenoxy) is 1. The molecule has 162 valence electrons. The van der Waals surface area contributed by atoms with Crippen molar-refractivity contribution >= 4 is 11.9 Å². The van der Waals surface area contributed by atoms with E-state index in [-0.39, 0.29) is 6.10 Å². The maximum absolute atomic E-state index is 12.5. The van der Waals surface area contributed by atoms with Crippen LogP contribution in [0.4, 0.5) is 0 Å². The van der Waals surface area contributed by atoms with Crippen LogP contribution >= 0.6 is 0 Å². The topological polar surface area (TPSA) is 60.4 Å². The van der Waals surface area contributed by atoms with Crippen LogP contribution in [0.5, 0.6) is 0 Å². The van der Waals surface area contributed by atoms with Crippen LogP contribution in [0.15, 0.2) is 4.99 Å². The van der Waals surface area contributed by atoms with Gasteiger partial charge in [-0.05, 0) is 38.5 Å². The van der Waals surface area contributed by atoms with Gasteiger partial charge in [0.05, 0.1) is 12.6 Å². The lowest BCUT2D eigenvalue weighted by Crippen LogP contribution is -2.54. The number of piperidine rings is 1. The second-order valence-electron chi connectivity index (χ2n) is 8.21. The summed E-state index contributed by atoms with van der Waals surface area (Å²) in [5.74, 6) is 1.78. The number of hydrogen-bond donors (Lipinski definition) is 1. The molecule has 1 unspecified atom stereocenters. The molecule has 2 rings (SSSR count). The van der Waals surface area contributed by atoms with Crippen molar-refractivity contribution in [3.05, 3.63) is 0 Å². The molecule has 1 amide bonds. The Bertz CT molecular complexity index is 483. The zero-order chi connectivity index (χ0) is 20.4. The summed E-state index contributed by atoms with van der Waals surface area (Å²) in [6.45, 7) is 14.2. The summed E-state index contributed by atoms with van der Waals surface area (Å²) >= 11 is 0. The van der Waals surface area contributed by atoms with Crippen molar-refractivity contribution in [3.63, 3.8) is 0 Å². The number of piperazine rings is 1. The molecule has 2 aliphatic heterocycles. The molecule has 2 aliphatic rings. The summed E-state index contributed by atoms with van der Waals surface area (Å²) < 4.78 is 5.83. The molecule has 0 aliphatic carbocycles. The maximum atomic E-state index is 12.5. The third-order valence-corrected chi connectivity index (χ3v) is 5.79. The second-order valence-corrected chi connectivity index (χ2v) is 8.21. The van der Waals surface area contributed by atoms with Gasteiger partial charge in [-0.3, -0.25) is 14.7 Å². The highest BCUT2D eigenvalue weighted by atomic mass is 16.5. The van der Waals surface area contributed by atoms with Crippen molar-refractivity contribution in [1.82, 2.24) is 20.0 Å². The van der Waals surface area contributed by atoms with Gasteiger partial charge in [-0.15, -0.1) is 0 Å². The normalized spacial score (nSPS) is 20.5. The molecule has 2 heterocycles. The molecule has 0 radical (unpaired) electrons. The van der Waals surface area contributed by atoms with Crippen LogP contribution in [-0.2, 0) is 9.53 Å². The van der Waals surface area contributed by atoms with Crippen molar-refractivity contribution in [2.24, 2.45) is 10.9 Å². The van der Waals surface area contributed by atoms with E-state index in [0.717, 1.165) is 77.6 Å². The Morgan fingerprint density at radius 3 is 2.29 bits per heavy atom. The van der Waals surface area contributed by atoms with Crippen LogP contribution < -0.4 is 5.32 Å². The van der Waals surface area contributed by atoms with E-state index >= 15 is 0 Å². The Morgan fingerprint density at radius 2 is 1.71 bits per heavy atom. The number of likely N-dealkylation sites (tertiary alicyclic amines) is 1. The average molecular weight is 396 g/mol. The van der Waals surface area contributed by atoms with Gasteiger partial charge < -0.3 is 19.9 Å². The van der Waals surface area contributed by atoms with Crippen LogP contribution in [0.3, 0.4) is 0 Å². The smallest absolute Gasteiger partial charge is 0.236 e. The highest BCUT2D eigenvalue weighted by molar-refractivity contribution is 5.80. The van der Waals surface area contributed by atoms with Gasteiger partial charge in [0.15, 0.2) is 5.96 Å². The summed E-state index contributed by atoms with van der Waals surface area (Å²) in [7, 11) is 1.84. The van der Waals surface area contributed by atoms with Gasteiger partial charge in [-0.2, -0.15) is 0 Å². The van der Waals surface area contributed by atoms with Gasteiger partial charge in [0.25, 0.3) is 0 Å². The van der Waals surface area contributed by atoms with E-state index in [0.29, 0.717) is 18.4 Å². The number of aliphatic imine (C=N–C) groups is 1. The van der Waals surface area contributed by atoms with Gasteiger partial charge in [0.2, 0.25) is 5.91 Å². The minimum absolute atomic E-state index is 0.285. The largest absolute Gasteiger partial charge is 0.378 e. The number of hydrogen-bond acceptors (Lipinski definition) is 4. The molecule has 7 nitrogen and oxygen atoms in total. The number of guanidine groups is 1. The van der Waals surface area contributed by atoms with Gasteiger partial charge in [-0.1, -0.05) is 13.8 Å². The molecule has 0 spiro atoms. The summed E-state index contributed by atoms with van der Waals surface area (Å²) in [6, 6.07) is 0. The van der Waals surface area contributed by atoms with E-state index < -0.39 is 0 Å². The Hall–Kier alpha value is -1.34. The lowest BCUT2D eigenvalue weighted by Gasteiger charge is -2.37. The fraction of sp³-hybridized carbons (Fsp3) is 0.905. The minimum Gasteiger partial charge on any atom is -0.378 e. The molecule has 0 aromatic heterocycles. The summed E-state index contributed by atoms with van der Waals surface area (Å²) in [6.07, 6.45) is 4.84. The molecule has 2 fully saturated rings. The zero-order valence-corrected chi connectivity index (χ0v) is 18.5. The van der Waals surface area contributed by atoms with E-state index in [1.807, 2.05) is 11.9 Å². The third kappa shape index (κ3) is 7.24. The molecule has 2 saturated heterocycles. The third-order valence-electron chi connectivity index (χ3n) is 5.79. The standard InChI is InChI=1S/C21H41N5O2/c1-5-28-19(18(2)3)9-10-23-21(22-4)26-15-13-24(14-16-26)17-20(27)25-11-7-6-8-12-25/h18-19H,5-17H2,1-4H3,(H,22,23). The van der Waals surface area contributed by atoms with E-state index in [4.69, 9.17) is 4.74 Å². The van der Waals surface area contributed by atoms with Gasteiger partial charge in [0.1, 0.15) is 0 Å². The number of carbonyl (C=O) groups is 1. The Morgan fingerprint density at radius 1 is 1.04 bits per heavy atom. The predicted octanol–water partition coefficient (Wildman–Crippen LogP) is 1.64. The molecule has 0 saturated carbocycles. The number of carbonyl (C=O) groups excluding carboxylic acids is 1. The fourth-order valence-electron chi connectivity index (χ4n) is 4.03. The monoisotopic (exact) mass is 395 g/mol. The van der Waals surface area contributed by atoms with Crippen molar-refractivity contribution < 1.29 is 9.53 Å². The average Bonchev–Trinajstić information content (AvgIpc) is 2.71.